The monoisotopic (exact) mass is 808 g/mol. The summed E-state index contributed by atoms with van der Waals surface area (Å²) in [5.41, 5.74) is 2.09. The highest BCUT2D eigenvalue weighted by Gasteiger charge is 2.13. The van der Waals surface area contributed by atoms with Crippen molar-refractivity contribution in [3.05, 3.63) is 180 Å². The smallest absolute Gasteiger partial charge is 0.195 e. The minimum atomic E-state index is -0.242. The number of hydrogen-bond donors (Lipinski definition) is 1. The van der Waals surface area contributed by atoms with Crippen LogP contribution in [0.15, 0.2) is 136 Å². The predicted molar refractivity (Wildman–Crippen MR) is 221 cm³/mol. The number of benzene rings is 6. The molecule has 0 radical (unpaired) electrons. The van der Waals surface area contributed by atoms with Gasteiger partial charge < -0.3 is 0 Å². The zero-order valence-corrected chi connectivity index (χ0v) is 32.0. The van der Waals surface area contributed by atoms with Gasteiger partial charge in [0.2, 0.25) is 0 Å². The fourth-order valence-corrected chi connectivity index (χ4v) is 9.40. The Morgan fingerprint density at radius 2 is 1.02 bits per heavy atom. The molecule has 0 fully saturated rings. The van der Waals surface area contributed by atoms with Crippen molar-refractivity contribution in [3.8, 4) is 0 Å². The van der Waals surface area contributed by atoms with Crippen molar-refractivity contribution in [2.75, 3.05) is 0 Å². The van der Waals surface area contributed by atoms with Crippen molar-refractivity contribution in [2.45, 2.75) is 16.4 Å². The lowest BCUT2D eigenvalue weighted by Crippen LogP contribution is -2.01. The second-order valence-electron chi connectivity index (χ2n) is 11.0. The molecule has 0 bridgehead atoms. The molecule has 2 heterocycles. The molecule has 2 aromatic heterocycles. The number of fused-ring (bicyclic) bond motifs is 4. The van der Waals surface area contributed by atoms with Gasteiger partial charge in [-0.3, -0.25) is 9.59 Å². The molecule has 256 valence electrons. The first-order chi connectivity index (χ1) is 24.6. The fraction of sp³-hybridized carbons (Fsp3) is 0.0500. The second kappa shape index (κ2) is 16.9. The highest BCUT2D eigenvalue weighted by atomic mass is 35.5. The third-order valence-corrected chi connectivity index (χ3v) is 13.1. The number of rotatable bonds is 4. The lowest BCUT2D eigenvalue weighted by molar-refractivity contribution is 0.627. The lowest BCUT2D eigenvalue weighted by Gasteiger charge is -2.08. The van der Waals surface area contributed by atoms with Crippen LogP contribution >= 0.6 is 81.9 Å². The summed E-state index contributed by atoms with van der Waals surface area (Å²) in [5, 5.41) is 4.27. The first-order valence-corrected chi connectivity index (χ1v) is 19.7. The Balaban J connectivity index is 0.000000148. The largest absolute Gasteiger partial charge is 0.289 e. The van der Waals surface area contributed by atoms with Gasteiger partial charge in [0.05, 0.1) is 24.5 Å². The zero-order chi connectivity index (χ0) is 36.1. The van der Waals surface area contributed by atoms with E-state index in [0.717, 1.165) is 45.6 Å². The predicted octanol–water partition coefficient (Wildman–Crippen LogP) is 13.5. The van der Waals surface area contributed by atoms with Crippen LogP contribution in [0.3, 0.4) is 0 Å². The quantitative estimate of drug-likeness (QED) is 0.109. The van der Waals surface area contributed by atoms with E-state index in [9.17, 15) is 18.4 Å². The molecule has 0 atom stereocenters. The van der Waals surface area contributed by atoms with E-state index in [-0.39, 0.29) is 22.5 Å². The maximum atomic E-state index is 13.0. The van der Waals surface area contributed by atoms with Crippen LogP contribution in [0.25, 0.3) is 40.3 Å². The summed E-state index contributed by atoms with van der Waals surface area (Å²) in [6, 6.07) is 35.0. The summed E-state index contributed by atoms with van der Waals surface area (Å²) >= 11 is 27.3. The van der Waals surface area contributed by atoms with Crippen LogP contribution in [0.5, 0.6) is 0 Å². The van der Waals surface area contributed by atoms with E-state index in [1.165, 1.54) is 46.9 Å². The minimum absolute atomic E-state index is 0.00733. The lowest BCUT2D eigenvalue weighted by atomic mass is 10.2. The molecule has 0 saturated carbocycles. The second-order valence-corrected chi connectivity index (χ2v) is 15.6. The SMILES string of the molecule is Fc1ccc(CS)cc1.O=c1c2ccccc2sc2c(Cl)c(Cl)ccc12.O=c1c2ccccc2sc2c(Cl)c(SCc3ccc(F)cc3)ccc12. The molecule has 6 aromatic carbocycles. The molecule has 0 unspecified atom stereocenters. The van der Waals surface area contributed by atoms with Gasteiger partial charge in [0.1, 0.15) is 11.6 Å². The summed E-state index contributed by atoms with van der Waals surface area (Å²) < 4.78 is 28.6. The van der Waals surface area contributed by atoms with Gasteiger partial charge in [-0.25, -0.2) is 8.78 Å². The van der Waals surface area contributed by atoms with Crippen molar-refractivity contribution in [3.63, 3.8) is 0 Å². The van der Waals surface area contributed by atoms with Crippen LogP contribution in [-0.2, 0) is 11.5 Å². The summed E-state index contributed by atoms with van der Waals surface area (Å²) in [5.74, 6) is 0.920. The molecule has 0 spiro atoms. The number of hydrogen-bond acceptors (Lipinski definition) is 6. The Kier molecular flexibility index (Phi) is 12.4. The number of thiol groups is 1. The van der Waals surface area contributed by atoms with Crippen LogP contribution in [0.4, 0.5) is 8.78 Å². The number of halogens is 5. The van der Waals surface area contributed by atoms with E-state index < -0.39 is 0 Å². The van der Waals surface area contributed by atoms with E-state index in [2.05, 4.69) is 12.6 Å². The molecule has 0 amide bonds. The molecular formula is C40H25Cl3F2O2S4. The standard InChI is InChI=1S/C20H12ClFOS2.C13H6Cl2OS.C7H7FS/c21-18-17(24-11-12-5-7-13(22)8-6-12)10-9-15-19(23)14-3-1-2-4-16(14)25-20(15)18;14-9-6-5-8-12(16)7-3-1-2-4-10(7)17-13(8)11(9)15;8-7-3-1-6(5-9)2-4-7/h1-10H,11H2;1-6H;1-4,9H,5H2. The molecule has 8 rings (SSSR count). The maximum Gasteiger partial charge on any atom is 0.195 e. The molecule has 0 aliphatic carbocycles. The van der Waals surface area contributed by atoms with Crippen LogP contribution in [0.2, 0.25) is 15.1 Å². The highest BCUT2D eigenvalue weighted by Crippen LogP contribution is 2.38. The molecular weight excluding hydrogens is 785 g/mol. The van der Waals surface area contributed by atoms with Crippen molar-refractivity contribution < 1.29 is 8.78 Å². The molecule has 8 aromatic rings. The first-order valence-electron chi connectivity index (χ1n) is 15.3. The third-order valence-electron chi connectivity index (χ3n) is 7.69. The van der Waals surface area contributed by atoms with Crippen LogP contribution < -0.4 is 10.9 Å². The summed E-state index contributed by atoms with van der Waals surface area (Å²) in [6.07, 6.45) is 0. The van der Waals surface area contributed by atoms with Crippen LogP contribution in [0, 0.1) is 11.6 Å². The molecule has 0 saturated heterocycles. The Morgan fingerprint density at radius 1 is 0.549 bits per heavy atom. The zero-order valence-electron chi connectivity index (χ0n) is 26.3. The molecule has 0 aliphatic rings. The van der Waals surface area contributed by atoms with Crippen molar-refractivity contribution in [2.24, 2.45) is 0 Å². The normalized spacial score (nSPS) is 10.9. The van der Waals surface area contributed by atoms with Gasteiger partial charge in [0.25, 0.3) is 0 Å². The molecule has 51 heavy (non-hydrogen) atoms. The summed E-state index contributed by atoms with van der Waals surface area (Å²) in [7, 11) is 0. The van der Waals surface area contributed by atoms with E-state index in [0.29, 0.717) is 37.3 Å². The summed E-state index contributed by atoms with van der Waals surface area (Å²) in [4.78, 5) is 25.8. The van der Waals surface area contributed by atoms with E-state index in [1.54, 1.807) is 48.2 Å². The molecule has 0 N–H and O–H groups in total. The molecule has 2 nitrogen and oxygen atoms in total. The van der Waals surface area contributed by atoms with Crippen molar-refractivity contribution in [1.82, 2.24) is 0 Å². The van der Waals surface area contributed by atoms with E-state index >= 15 is 0 Å². The molecule has 0 aliphatic heterocycles. The molecule has 11 heteroatoms. The Bertz CT molecular complexity index is 2630. The average Bonchev–Trinajstić information content (AvgIpc) is 3.15. The van der Waals surface area contributed by atoms with Crippen molar-refractivity contribution in [1.29, 1.82) is 0 Å². The Labute approximate surface area is 324 Å². The first kappa shape index (κ1) is 37.3. The average molecular weight is 810 g/mol. The summed E-state index contributed by atoms with van der Waals surface area (Å²) in [6.45, 7) is 0. The van der Waals surface area contributed by atoms with Gasteiger partial charge in [-0.1, -0.05) is 83.3 Å². The maximum absolute atomic E-state index is 13.0. The van der Waals surface area contributed by atoms with Gasteiger partial charge in [-0.05, 0) is 83.9 Å². The van der Waals surface area contributed by atoms with Crippen LogP contribution in [-0.4, -0.2) is 0 Å². The minimum Gasteiger partial charge on any atom is -0.289 e. The third kappa shape index (κ3) is 8.61. The van der Waals surface area contributed by atoms with Gasteiger partial charge in [0.15, 0.2) is 10.9 Å². The topological polar surface area (TPSA) is 34.1 Å². The van der Waals surface area contributed by atoms with Crippen LogP contribution in [0.1, 0.15) is 11.1 Å². The highest BCUT2D eigenvalue weighted by molar-refractivity contribution is 7.98. The fourth-order valence-electron chi connectivity index (χ4n) is 5.07. The Hall–Kier alpha value is -3.47. The Morgan fingerprint density at radius 3 is 1.55 bits per heavy atom. The van der Waals surface area contributed by atoms with E-state index in [4.69, 9.17) is 34.8 Å². The van der Waals surface area contributed by atoms with Gasteiger partial charge in [0, 0.05) is 47.3 Å². The van der Waals surface area contributed by atoms with Gasteiger partial charge in [-0.2, -0.15) is 12.6 Å². The van der Waals surface area contributed by atoms with Gasteiger partial charge >= 0.3 is 0 Å². The van der Waals surface area contributed by atoms with Crippen molar-refractivity contribution >= 4 is 122 Å². The number of thioether (sulfide) groups is 1. The van der Waals surface area contributed by atoms with Gasteiger partial charge in [-0.15, -0.1) is 34.4 Å². The van der Waals surface area contributed by atoms with E-state index in [1.807, 2.05) is 60.7 Å².